The Bertz CT molecular complexity index is 812. The Labute approximate surface area is 130 Å². The molecule has 0 spiro atoms. The number of nitrogens with zero attached hydrogens (tertiary/aromatic N) is 1. The molecule has 0 atom stereocenters. The predicted molar refractivity (Wildman–Crippen MR) is 87.2 cm³/mol. The Morgan fingerprint density at radius 1 is 1.09 bits per heavy atom. The van der Waals surface area contributed by atoms with E-state index in [1.54, 1.807) is 13.2 Å². The predicted octanol–water partition coefficient (Wildman–Crippen LogP) is 3.39. The molecule has 0 radical (unpaired) electrons. The molecule has 3 aromatic rings. The summed E-state index contributed by atoms with van der Waals surface area (Å²) in [6.45, 7) is 3.01. The van der Waals surface area contributed by atoms with Crippen LogP contribution in [0.3, 0.4) is 0 Å². The minimum atomic E-state index is 0.199. The van der Waals surface area contributed by atoms with E-state index < -0.39 is 0 Å². The first kappa shape index (κ1) is 14.4. The maximum atomic E-state index is 10.3. The SMILES string of the molecule is COc1ccc2cc[n+](CCc3ccccc3C)cc2c1O. The molecule has 3 heteroatoms. The molecule has 112 valence electrons. The summed E-state index contributed by atoms with van der Waals surface area (Å²) in [5.41, 5.74) is 2.67. The number of benzene rings is 2. The molecule has 3 nitrogen and oxygen atoms in total. The summed E-state index contributed by atoms with van der Waals surface area (Å²) in [4.78, 5) is 0. The summed E-state index contributed by atoms with van der Waals surface area (Å²) < 4.78 is 7.28. The number of aromatic hydroxyl groups is 1. The molecule has 22 heavy (non-hydrogen) atoms. The molecular weight excluding hydrogens is 274 g/mol. The number of fused-ring (bicyclic) bond motifs is 1. The third-order valence-corrected chi connectivity index (χ3v) is 4.07. The van der Waals surface area contributed by atoms with Gasteiger partial charge in [0.15, 0.2) is 30.4 Å². The van der Waals surface area contributed by atoms with E-state index in [1.807, 2.05) is 24.5 Å². The zero-order valence-corrected chi connectivity index (χ0v) is 12.9. The second-order valence-electron chi connectivity index (χ2n) is 5.48. The fourth-order valence-electron chi connectivity index (χ4n) is 2.71. The number of phenols is 1. The van der Waals surface area contributed by atoms with E-state index in [0.717, 1.165) is 23.7 Å². The summed E-state index contributed by atoms with van der Waals surface area (Å²) in [5.74, 6) is 0.703. The lowest BCUT2D eigenvalue weighted by Gasteiger charge is -2.06. The number of aryl methyl sites for hydroxylation is 3. The van der Waals surface area contributed by atoms with Gasteiger partial charge in [0.1, 0.15) is 0 Å². The van der Waals surface area contributed by atoms with Crippen LogP contribution in [0, 0.1) is 6.92 Å². The number of phenolic OH excluding ortho intramolecular Hbond substituents is 1. The van der Waals surface area contributed by atoms with Gasteiger partial charge in [0.2, 0.25) is 0 Å². The van der Waals surface area contributed by atoms with Gasteiger partial charge in [0.25, 0.3) is 0 Å². The van der Waals surface area contributed by atoms with Crippen LogP contribution in [0.2, 0.25) is 0 Å². The molecule has 0 aliphatic heterocycles. The highest BCUT2D eigenvalue weighted by Crippen LogP contribution is 2.33. The second kappa shape index (κ2) is 6.06. The normalized spacial score (nSPS) is 10.8. The van der Waals surface area contributed by atoms with E-state index in [4.69, 9.17) is 4.74 Å². The van der Waals surface area contributed by atoms with E-state index in [9.17, 15) is 5.11 Å². The molecule has 1 heterocycles. The first-order chi connectivity index (χ1) is 10.7. The molecule has 1 N–H and O–H groups in total. The molecule has 2 aromatic carbocycles. The summed E-state index contributed by atoms with van der Waals surface area (Å²) in [6, 6.07) is 14.2. The van der Waals surface area contributed by atoms with Gasteiger partial charge in [-0.3, -0.25) is 0 Å². The van der Waals surface area contributed by atoms with Crippen LogP contribution in [0.15, 0.2) is 54.9 Å². The Balaban J connectivity index is 1.88. The van der Waals surface area contributed by atoms with Gasteiger partial charge in [-0.2, -0.15) is 0 Å². The summed E-state index contributed by atoms with van der Waals surface area (Å²) in [5, 5.41) is 12.1. The van der Waals surface area contributed by atoms with Gasteiger partial charge in [0.05, 0.1) is 12.5 Å². The third kappa shape index (κ3) is 2.75. The lowest BCUT2D eigenvalue weighted by molar-refractivity contribution is -0.695. The largest absolute Gasteiger partial charge is 0.504 e. The van der Waals surface area contributed by atoms with Crippen molar-refractivity contribution in [2.45, 2.75) is 19.9 Å². The molecule has 0 saturated carbocycles. The Morgan fingerprint density at radius 3 is 2.68 bits per heavy atom. The topological polar surface area (TPSA) is 33.3 Å². The van der Waals surface area contributed by atoms with Crippen molar-refractivity contribution in [2.24, 2.45) is 0 Å². The Hall–Kier alpha value is -2.55. The molecular formula is C19H20NO2+. The molecule has 0 aliphatic rings. The van der Waals surface area contributed by atoms with E-state index >= 15 is 0 Å². The van der Waals surface area contributed by atoms with Gasteiger partial charge in [-0.15, -0.1) is 0 Å². The van der Waals surface area contributed by atoms with Crippen LogP contribution < -0.4 is 9.30 Å². The van der Waals surface area contributed by atoms with Crippen molar-refractivity contribution in [3.63, 3.8) is 0 Å². The van der Waals surface area contributed by atoms with Crippen molar-refractivity contribution in [1.82, 2.24) is 0 Å². The fourth-order valence-corrected chi connectivity index (χ4v) is 2.71. The van der Waals surface area contributed by atoms with Gasteiger partial charge in [0, 0.05) is 12.5 Å². The molecule has 0 fully saturated rings. The number of ether oxygens (including phenoxy) is 1. The van der Waals surface area contributed by atoms with Crippen molar-refractivity contribution in [2.75, 3.05) is 7.11 Å². The number of methoxy groups -OCH3 is 1. The fraction of sp³-hybridized carbons (Fsp3) is 0.211. The Morgan fingerprint density at radius 2 is 1.91 bits per heavy atom. The van der Waals surface area contributed by atoms with Crippen molar-refractivity contribution in [3.8, 4) is 11.5 Å². The number of rotatable bonds is 4. The lowest BCUT2D eigenvalue weighted by Crippen LogP contribution is -2.33. The van der Waals surface area contributed by atoms with E-state index in [-0.39, 0.29) is 5.75 Å². The number of hydrogen-bond acceptors (Lipinski definition) is 2. The first-order valence-electron chi connectivity index (χ1n) is 7.42. The highest BCUT2D eigenvalue weighted by Gasteiger charge is 2.11. The molecule has 1 aromatic heterocycles. The molecule has 0 unspecified atom stereocenters. The van der Waals surface area contributed by atoms with Crippen LogP contribution >= 0.6 is 0 Å². The standard InChI is InChI=1S/C19H19NO2/c1-14-5-3-4-6-15(14)9-11-20-12-10-16-7-8-18(22-2)19(21)17(16)13-20/h3-8,10,12-13H,9,11H2,1-2H3/p+1. The highest BCUT2D eigenvalue weighted by molar-refractivity contribution is 5.88. The number of pyridine rings is 1. The molecule has 0 amide bonds. The molecule has 0 bridgehead atoms. The Kier molecular flexibility index (Phi) is 3.96. The van der Waals surface area contributed by atoms with Crippen LogP contribution in [0.25, 0.3) is 10.8 Å². The van der Waals surface area contributed by atoms with Crippen molar-refractivity contribution < 1.29 is 14.4 Å². The summed E-state index contributed by atoms with van der Waals surface area (Å²) >= 11 is 0. The molecule has 0 saturated heterocycles. The van der Waals surface area contributed by atoms with Crippen LogP contribution in [0.5, 0.6) is 11.5 Å². The average Bonchev–Trinajstić information content (AvgIpc) is 2.55. The van der Waals surface area contributed by atoms with Gasteiger partial charge in [-0.05, 0) is 35.6 Å². The van der Waals surface area contributed by atoms with Crippen LogP contribution in [0.4, 0.5) is 0 Å². The van der Waals surface area contributed by atoms with Crippen LogP contribution in [-0.4, -0.2) is 12.2 Å². The van der Waals surface area contributed by atoms with Gasteiger partial charge < -0.3 is 9.84 Å². The lowest BCUT2D eigenvalue weighted by atomic mass is 10.1. The van der Waals surface area contributed by atoms with Crippen LogP contribution in [0.1, 0.15) is 11.1 Å². The first-order valence-corrected chi connectivity index (χ1v) is 7.42. The van der Waals surface area contributed by atoms with Crippen molar-refractivity contribution >= 4 is 10.8 Å². The second-order valence-corrected chi connectivity index (χ2v) is 5.48. The monoisotopic (exact) mass is 294 g/mol. The zero-order chi connectivity index (χ0) is 15.5. The highest BCUT2D eigenvalue weighted by atomic mass is 16.5. The van der Waals surface area contributed by atoms with Crippen molar-refractivity contribution in [3.05, 3.63) is 66.0 Å². The van der Waals surface area contributed by atoms with Gasteiger partial charge in [-0.25, -0.2) is 4.57 Å². The molecule has 3 rings (SSSR count). The maximum Gasteiger partial charge on any atom is 0.180 e. The minimum Gasteiger partial charge on any atom is -0.504 e. The van der Waals surface area contributed by atoms with Crippen LogP contribution in [-0.2, 0) is 13.0 Å². The summed E-state index contributed by atoms with van der Waals surface area (Å²) in [6.07, 6.45) is 4.99. The maximum absolute atomic E-state index is 10.3. The number of aromatic nitrogens is 1. The molecule has 0 aliphatic carbocycles. The van der Waals surface area contributed by atoms with E-state index in [1.165, 1.54) is 11.1 Å². The third-order valence-electron chi connectivity index (χ3n) is 4.07. The smallest absolute Gasteiger partial charge is 0.180 e. The minimum absolute atomic E-state index is 0.199. The van der Waals surface area contributed by atoms with E-state index in [2.05, 4.69) is 35.8 Å². The number of hydrogen-bond donors (Lipinski definition) is 1. The van der Waals surface area contributed by atoms with Crippen molar-refractivity contribution in [1.29, 1.82) is 0 Å². The van der Waals surface area contributed by atoms with Gasteiger partial charge in [-0.1, -0.05) is 24.3 Å². The average molecular weight is 294 g/mol. The van der Waals surface area contributed by atoms with Gasteiger partial charge >= 0.3 is 0 Å². The quantitative estimate of drug-likeness (QED) is 0.748. The summed E-state index contributed by atoms with van der Waals surface area (Å²) in [7, 11) is 1.57. The zero-order valence-electron chi connectivity index (χ0n) is 12.9. The van der Waals surface area contributed by atoms with E-state index in [0.29, 0.717) is 5.75 Å².